The molecular weight excluding hydrogens is 492 g/mol. The number of carbonyl (C=O) groups is 1. The number of fused-ring (bicyclic) bond motifs is 2. The number of rotatable bonds is 5. The van der Waals surface area contributed by atoms with Crippen molar-refractivity contribution >= 4 is 40.5 Å². The van der Waals surface area contributed by atoms with Crippen molar-refractivity contribution in [3.8, 4) is 33.9 Å². The molecule has 3 heterocycles. The molecule has 0 atom stereocenters. The number of aromatic nitrogens is 1. The number of hydrogen-bond donors (Lipinski definition) is 2. The number of furan rings is 1. The minimum absolute atomic E-state index is 0.0734. The van der Waals surface area contributed by atoms with E-state index in [2.05, 4.69) is 15.5 Å². The van der Waals surface area contributed by atoms with E-state index in [-0.39, 0.29) is 24.0 Å². The van der Waals surface area contributed by atoms with E-state index < -0.39 is 5.91 Å². The van der Waals surface area contributed by atoms with Crippen LogP contribution in [0.4, 0.5) is 5.69 Å². The molecule has 1 aliphatic rings. The van der Waals surface area contributed by atoms with Gasteiger partial charge in [-0.25, -0.2) is 10.4 Å². The summed E-state index contributed by atoms with van der Waals surface area (Å²) in [6.45, 7) is 0.177. The second-order valence-electron chi connectivity index (χ2n) is 8.26. The Morgan fingerprint density at radius 2 is 1.76 bits per heavy atom. The Kier molecular flexibility index (Phi) is 5.71. The Morgan fingerprint density at radius 1 is 0.973 bits per heavy atom. The van der Waals surface area contributed by atoms with Crippen molar-refractivity contribution in [3.05, 3.63) is 95.2 Å². The van der Waals surface area contributed by atoms with E-state index in [4.69, 9.17) is 31.2 Å². The highest BCUT2D eigenvalue weighted by Crippen LogP contribution is 2.38. The molecule has 37 heavy (non-hydrogen) atoms. The Labute approximate surface area is 216 Å². The molecule has 0 fully saturated rings. The van der Waals surface area contributed by atoms with E-state index in [0.29, 0.717) is 27.6 Å². The number of carbonyl (C=O) groups excluding carboxylic acids is 1. The monoisotopic (exact) mass is 510 g/mol. The van der Waals surface area contributed by atoms with Crippen LogP contribution < -0.4 is 20.6 Å². The highest BCUT2D eigenvalue weighted by molar-refractivity contribution is 6.30. The van der Waals surface area contributed by atoms with Gasteiger partial charge in [-0.3, -0.25) is 4.79 Å². The molecule has 0 bridgehead atoms. The first-order chi connectivity index (χ1) is 18.1. The summed E-state index contributed by atoms with van der Waals surface area (Å²) in [5.41, 5.74) is 13.3. The number of hydrogen-bond acceptors (Lipinski definition) is 7. The second kappa shape index (κ2) is 9.33. The lowest BCUT2D eigenvalue weighted by Crippen LogP contribution is -2.18. The fourth-order valence-electron chi connectivity index (χ4n) is 4.11. The number of amides is 1. The third-order valence-corrected chi connectivity index (χ3v) is 6.16. The average Bonchev–Trinajstić information content (AvgIpc) is 3.53. The standard InChI is InChI=1S/C28H19ClN4O4/c29-19-9-7-18(8-10-19)21-13-20(17-4-2-1-3-5-17)24-25(30)26(37-28(24)32-21)27(34)33-31-14-16-6-11-22-23(12-16)36-15-35-22/h1-14H,15,30H2,(H,33,34). The van der Waals surface area contributed by atoms with Gasteiger partial charge in [0.2, 0.25) is 18.3 Å². The number of benzene rings is 3. The minimum Gasteiger partial charge on any atom is -0.454 e. The van der Waals surface area contributed by atoms with E-state index >= 15 is 0 Å². The van der Waals surface area contributed by atoms with Crippen LogP contribution in [0.5, 0.6) is 11.5 Å². The zero-order chi connectivity index (χ0) is 25.4. The first kappa shape index (κ1) is 22.6. The smallest absolute Gasteiger partial charge is 0.309 e. The summed E-state index contributed by atoms with van der Waals surface area (Å²) in [4.78, 5) is 17.6. The summed E-state index contributed by atoms with van der Waals surface area (Å²) >= 11 is 6.06. The van der Waals surface area contributed by atoms with Crippen LogP contribution in [0.2, 0.25) is 5.02 Å². The third kappa shape index (κ3) is 4.34. The predicted octanol–water partition coefficient (Wildman–Crippen LogP) is 5.89. The van der Waals surface area contributed by atoms with Crippen LogP contribution in [0.3, 0.4) is 0 Å². The molecule has 1 amide bonds. The normalized spacial score (nSPS) is 12.4. The van der Waals surface area contributed by atoms with Crippen LogP contribution in [0, 0.1) is 0 Å². The number of hydrazone groups is 1. The van der Waals surface area contributed by atoms with Crippen molar-refractivity contribution in [2.45, 2.75) is 0 Å². The zero-order valence-corrected chi connectivity index (χ0v) is 20.0. The molecule has 0 spiro atoms. The molecule has 6 rings (SSSR count). The van der Waals surface area contributed by atoms with Gasteiger partial charge >= 0.3 is 5.91 Å². The molecule has 2 aromatic heterocycles. The first-order valence-electron chi connectivity index (χ1n) is 11.3. The molecule has 8 nitrogen and oxygen atoms in total. The molecule has 182 valence electrons. The molecule has 0 saturated heterocycles. The summed E-state index contributed by atoms with van der Waals surface area (Å²) in [5, 5.41) is 5.21. The van der Waals surface area contributed by atoms with Crippen molar-refractivity contribution in [1.82, 2.24) is 10.4 Å². The minimum atomic E-state index is -0.598. The Hall–Kier alpha value is -4.82. The summed E-state index contributed by atoms with van der Waals surface area (Å²) in [6, 6.07) is 24.3. The van der Waals surface area contributed by atoms with Crippen molar-refractivity contribution in [2.24, 2.45) is 5.10 Å². The summed E-state index contributed by atoms with van der Waals surface area (Å²) in [7, 11) is 0. The Morgan fingerprint density at radius 3 is 2.57 bits per heavy atom. The average molecular weight is 511 g/mol. The Balaban J connectivity index is 1.36. The van der Waals surface area contributed by atoms with Gasteiger partial charge in [0.15, 0.2) is 11.5 Å². The van der Waals surface area contributed by atoms with Gasteiger partial charge < -0.3 is 19.6 Å². The van der Waals surface area contributed by atoms with Crippen molar-refractivity contribution in [2.75, 3.05) is 12.5 Å². The lowest BCUT2D eigenvalue weighted by molar-refractivity contribution is 0.0930. The SMILES string of the molecule is Nc1c(C(=O)NN=Cc2ccc3c(c2)OCO3)oc2nc(-c3ccc(Cl)cc3)cc(-c3ccccc3)c12. The number of halogens is 1. The second-order valence-corrected chi connectivity index (χ2v) is 8.70. The van der Waals surface area contributed by atoms with Gasteiger partial charge in [-0.1, -0.05) is 54.1 Å². The molecule has 9 heteroatoms. The maximum absolute atomic E-state index is 13.0. The predicted molar refractivity (Wildman–Crippen MR) is 142 cm³/mol. The third-order valence-electron chi connectivity index (χ3n) is 5.91. The Bertz CT molecular complexity index is 1660. The number of anilines is 1. The van der Waals surface area contributed by atoms with Gasteiger partial charge in [-0.2, -0.15) is 5.10 Å². The number of nitrogens with one attached hydrogen (secondary N) is 1. The fourth-order valence-corrected chi connectivity index (χ4v) is 4.24. The van der Waals surface area contributed by atoms with E-state index in [9.17, 15) is 4.79 Å². The lowest BCUT2D eigenvalue weighted by atomic mass is 9.99. The molecule has 5 aromatic rings. The fraction of sp³-hybridized carbons (Fsp3) is 0.0357. The largest absolute Gasteiger partial charge is 0.454 e. The van der Waals surface area contributed by atoms with E-state index in [1.165, 1.54) is 6.21 Å². The van der Waals surface area contributed by atoms with Crippen LogP contribution in [-0.2, 0) is 0 Å². The van der Waals surface area contributed by atoms with E-state index in [1.54, 1.807) is 30.3 Å². The lowest BCUT2D eigenvalue weighted by Gasteiger charge is -2.08. The molecule has 3 aromatic carbocycles. The van der Waals surface area contributed by atoms with Gasteiger partial charge in [0.05, 0.1) is 23.0 Å². The number of ether oxygens (including phenoxy) is 2. The molecule has 0 aliphatic carbocycles. The highest BCUT2D eigenvalue weighted by atomic mass is 35.5. The van der Waals surface area contributed by atoms with Gasteiger partial charge in [-0.15, -0.1) is 0 Å². The van der Waals surface area contributed by atoms with Gasteiger partial charge in [0.25, 0.3) is 0 Å². The quantitative estimate of drug-likeness (QED) is 0.225. The van der Waals surface area contributed by atoms with Crippen molar-refractivity contribution in [3.63, 3.8) is 0 Å². The summed E-state index contributed by atoms with van der Waals surface area (Å²) < 4.78 is 16.6. The van der Waals surface area contributed by atoms with Crippen LogP contribution >= 0.6 is 11.6 Å². The van der Waals surface area contributed by atoms with Gasteiger partial charge in [0.1, 0.15) is 0 Å². The number of nitrogen functional groups attached to an aromatic ring is 1. The van der Waals surface area contributed by atoms with E-state index in [0.717, 1.165) is 22.3 Å². The molecule has 0 unspecified atom stereocenters. The molecule has 1 aliphatic heterocycles. The van der Waals surface area contributed by atoms with Crippen molar-refractivity contribution in [1.29, 1.82) is 0 Å². The van der Waals surface area contributed by atoms with Crippen LogP contribution in [0.25, 0.3) is 33.5 Å². The van der Waals surface area contributed by atoms with Crippen LogP contribution in [0.1, 0.15) is 16.1 Å². The first-order valence-corrected chi connectivity index (χ1v) is 11.7. The number of nitrogens with zero attached hydrogens (tertiary/aromatic N) is 2. The number of nitrogens with two attached hydrogens (primary N) is 1. The van der Waals surface area contributed by atoms with Crippen LogP contribution in [0.15, 0.2) is 88.4 Å². The molecule has 0 radical (unpaired) electrons. The molecule has 3 N–H and O–H groups in total. The van der Waals surface area contributed by atoms with E-state index in [1.807, 2.05) is 48.5 Å². The van der Waals surface area contributed by atoms with Crippen molar-refractivity contribution < 1.29 is 18.7 Å². The molecular formula is C28H19ClN4O4. The topological polar surface area (TPSA) is 112 Å². The molecule has 0 saturated carbocycles. The van der Waals surface area contributed by atoms with Gasteiger partial charge in [-0.05, 0) is 53.1 Å². The highest BCUT2D eigenvalue weighted by Gasteiger charge is 2.23. The van der Waals surface area contributed by atoms with Crippen LogP contribution in [-0.4, -0.2) is 23.9 Å². The van der Waals surface area contributed by atoms with Gasteiger partial charge in [0, 0.05) is 10.6 Å². The number of pyridine rings is 1. The maximum atomic E-state index is 13.0. The summed E-state index contributed by atoms with van der Waals surface area (Å²) in [5.74, 6) is 0.610. The summed E-state index contributed by atoms with van der Waals surface area (Å²) in [6.07, 6.45) is 1.49. The maximum Gasteiger partial charge on any atom is 0.309 e. The zero-order valence-electron chi connectivity index (χ0n) is 19.3.